The van der Waals surface area contributed by atoms with E-state index < -0.39 is 5.60 Å². The van der Waals surface area contributed by atoms with Crippen molar-refractivity contribution in [3.8, 4) is 0 Å². The molecule has 84 valence electrons. The first kappa shape index (κ1) is 11.7. The second kappa shape index (κ2) is 4.44. The van der Waals surface area contributed by atoms with Crippen LogP contribution in [0.5, 0.6) is 0 Å². The number of imidazole rings is 1. The number of hydrogen-bond donors (Lipinski definition) is 2. The van der Waals surface area contributed by atoms with Gasteiger partial charge in [0.1, 0.15) is 5.60 Å². The first-order valence-corrected chi connectivity index (χ1v) is 4.88. The molecule has 0 radical (unpaired) electrons. The van der Waals surface area contributed by atoms with Crippen LogP contribution in [0.3, 0.4) is 0 Å². The molecule has 0 aromatic carbocycles. The third-order valence-corrected chi connectivity index (χ3v) is 1.98. The maximum absolute atomic E-state index is 11.4. The lowest BCUT2D eigenvalue weighted by Crippen LogP contribution is -2.46. The molecule has 15 heavy (non-hydrogen) atoms. The summed E-state index contributed by atoms with van der Waals surface area (Å²) in [7, 11) is 0. The number of carbonyl (C=O) groups excluding carboxylic acids is 1. The fourth-order valence-electron chi connectivity index (χ4n) is 1.16. The number of rotatable bonds is 4. The first-order chi connectivity index (χ1) is 6.89. The number of hydrogen-bond acceptors (Lipinski definition) is 3. The molecule has 0 bridgehead atoms. The fourth-order valence-corrected chi connectivity index (χ4v) is 1.16. The molecule has 5 nitrogen and oxygen atoms in total. The molecule has 0 aliphatic rings. The Morgan fingerprint density at radius 2 is 2.33 bits per heavy atom. The summed E-state index contributed by atoms with van der Waals surface area (Å²) in [4.78, 5) is 15.3. The van der Waals surface area contributed by atoms with Gasteiger partial charge < -0.3 is 15.0 Å². The summed E-state index contributed by atoms with van der Waals surface area (Å²) in [5.74, 6) is -0.366. The highest BCUT2D eigenvalue weighted by Gasteiger charge is 2.24. The highest BCUT2D eigenvalue weighted by atomic mass is 16.3. The molecular weight excluding hydrogens is 194 g/mol. The molecule has 0 spiro atoms. The Morgan fingerprint density at radius 3 is 2.80 bits per heavy atom. The lowest BCUT2D eigenvalue weighted by molar-refractivity contribution is -0.137. The average Bonchev–Trinajstić information content (AvgIpc) is 2.54. The normalized spacial score (nSPS) is 13.6. The summed E-state index contributed by atoms with van der Waals surface area (Å²) >= 11 is 0. The Morgan fingerprint density at radius 1 is 1.67 bits per heavy atom. The lowest BCUT2D eigenvalue weighted by Gasteiger charge is -2.21. The summed E-state index contributed by atoms with van der Waals surface area (Å²) in [5.41, 5.74) is -1.33. The number of nitrogens with one attached hydrogen (secondary N) is 1. The Hall–Kier alpha value is -1.36. The maximum Gasteiger partial charge on any atom is 0.251 e. The third-order valence-electron chi connectivity index (χ3n) is 1.98. The van der Waals surface area contributed by atoms with Gasteiger partial charge in [-0.05, 0) is 20.8 Å². The predicted molar refractivity (Wildman–Crippen MR) is 56.1 cm³/mol. The van der Waals surface area contributed by atoms with Crippen molar-refractivity contribution >= 4 is 5.91 Å². The SMILES string of the molecule is CC(Cn1ccnc1)NC(=O)C(C)(C)O. The monoisotopic (exact) mass is 211 g/mol. The zero-order valence-corrected chi connectivity index (χ0v) is 9.27. The zero-order valence-electron chi connectivity index (χ0n) is 9.27. The summed E-state index contributed by atoms with van der Waals surface area (Å²) < 4.78 is 1.87. The molecule has 5 heteroatoms. The second-order valence-electron chi connectivity index (χ2n) is 4.19. The number of nitrogens with zero attached hydrogens (tertiary/aromatic N) is 2. The Balaban J connectivity index is 2.43. The van der Waals surface area contributed by atoms with Gasteiger partial charge in [0.05, 0.1) is 6.33 Å². The Kier molecular flexibility index (Phi) is 3.47. The molecule has 1 unspecified atom stereocenters. The van der Waals surface area contributed by atoms with Crippen LogP contribution in [0.1, 0.15) is 20.8 Å². The van der Waals surface area contributed by atoms with E-state index in [2.05, 4.69) is 10.3 Å². The molecule has 0 fully saturated rings. The fraction of sp³-hybridized carbons (Fsp3) is 0.600. The minimum absolute atomic E-state index is 0.0434. The van der Waals surface area contributed by atoms with Gasteiger partial charge in [-0.1, -0.05) is 0 Å². The van der Waals surface area contributed by atoms with Gasteiger partial charge in [-0.15, -0.1) is 0 Å². The highest BCUT2D eigenvalue weighted by Crippen LogP contribution is 2.01. The van der Waals surface area contributed by atoms with E-state index in [1.54, 1.807) is 12.5 Å². The van der Waals surface area contributed by atoms with Gasteiger partial charge in [-0.25, -0.2) is 4.98 Å². The Labute approximate surface area is 89.1 Å². The summed E-state index contributed by atoms with van der Waals surface area (Å²) in [6, 6.07) is -0.0434. The molecule has 2 N–H and O–H groups in total. The average molecular weight is 211 g/mol. The topological polar surface area (TPSA) is 67.2 Å². The van der Waals surface area contributed by atoms with Crippen LogP contribution in [-0.2, 0) is 11.3 Å². The largest absolute Gasteiger partial charge is 0.381 e. The summed E-state index contributed by atoms with van der Waals surface area (Å²) in [5, 5.41) is 12.2. The van der Waals surface area contributed by atoms with Crippen molar-refractivity contribution < 1.29 is 9.90 Å². The van der Waals surface area contributed by atoms with Crippen LogP contribution in [0.15, 0.2) is 18.7 Å². The third kappa shape index (κ3) is 3.71. The number of amides is 1. The maximum atomic E-state index is 11.4. The van der Waals surface area contributed by atoms with Crippen LogP contribution in [0.4, 0.5) is 0 Å². The van der Waals surface area contributed by atoms with E-state index in [1.807, 2.05) is 17.7 Å². The van der Waals surface area contributed by atoms with E-state index in [4.69, 9.17) is 0 Å². The summed E-state index contributed by atoms with van der Waals surface area (Å²) in [6.07, 6.45) is 5.20. The molecule has 0 saturated heterocycles. The van der Waals surface area contributed by atoms with Gasteiger partial charge in [0.15, 0.2) is 0 Å². The Bertz CT molecular complexity index is 314. The van der Waals surface area contributed by atoms with Gasteiger partial charge in [-0.3, -0.25) is 4.79 Å². The van der Waals surface area contributed by atoms with Crippen molar-refractivity contribution in [1.82, 2.24) is 14.9 Å². The van der Waals surface area contributed by atoms with E-state index in [1.165, 1.54) is 13.8 Å². The van der Waals surface area contributed by atoms with Gasteiger partial charge in [0.2, 0.25) is 0 Å². The smallest absolute Gasteiger partial charge is 0.251 e. The number of aromatic nitrogens is 2. The molecule has 0 aliphatic carbocycles. The van der Waals surface area contributed by atoms with Gasteiger partial charge >= 0.3 is 0 Å². The van der Waals surface area contributed by atoms with Gasteiger partial charge in [0, 0.05) is 25.0 Å². The number of carbonyl (C=O) groups is 1. The molecule has 1 aromatic heterocycles. The quantitative estimate of drug-likeness (QED) is 0.745. The minimum atomic E-state index is -1.33. The molecule has 1 aromatic rings. The highest BCUT2D eigenvalue weighted by molar-refractivity contribution is 5.84. The van der Waals surface area contributed by atoms with Crippen LogP contribution >= 0.6 is 0 Å². The van der Waals surface area contributed by atoms with Crippen molar-refractivity contribution in [2.45, 2.75) is 39.0 Å². The molecule has 1 heterocycles. The van der Waals surface area contributed by atoms with E-state index in [9.17, 15) is 9.90 Å². The zero-order chi connectivity index (χ0) is 11.5. The van der Waals surface area contributed by atoms with Crippen molar-refractivity contribution in [3.05, 3.63) is 18.7 Å². The minimum Gasteiger partial charge on any atom is -0.381 e. The summed E-state index contributed by atoms with van der Waals surface area (Å²) in [6.45, 7) is 5.45. The van der Waals surface area contributed by atoms with Crippen LogP contribution in [0.2, 0.25) is 0 Å². The molecular formula is C10H17N3O2. The molecule has 1 amide bonds. The molecule has 0 aliphatic heterocycles. The molecule has 1 rings (SSSR count). The van der Waals surface area contributed by atoms with Crippen LogP contribution < -0.4 is 5.32 Å². The predicted octanol–water partition coefficient (Wildman–Crippen LogP) is 0.159. The van der Waals surface area contributed by atoms with Gasteiger partial charge in [0.25, 0.3) is 5.91 Å². The molecule has 1 atom stereocenters. The van der Waals surface area contributed by atoms with Crippen LogP contribution in [0.25, 0.3) is 0 Å². The van der Waals surface area contributed by atoms with Crippen molar-refractivity contribution in [2.75, 3.05) is 0 Å². The number of aliphatic hydroxyl groups is 1. The van der Waals surface area contributed by atoms with Crippen LogP contribution in [-0.4, -0.2) is 32.2 Å². The van der Waals surface area contributed by atoms with E-state index in [0.717, 1.165) is 0 Å². The van der Waals surface area contributed by atoms with Gasteiger partial charge in [-0.2, -0.15) is 0 Å². The van der Waals surface area contributed by atoms with Crippen molar-refractivity contribution in [2.24, 2.45) is 0 Å². The standard InChI is InChI=1S/C10H17N3O2/c1-8(6-13-5-4-11-7-13)12-9(14)10(2,3)15/h4-5,7-8,15H,6H2,1-3H3,(H,12,14). The first-order valence-electron chi connectivity index (χ1n) is 4.88. The molecule has 0 saturated carbocycles. The van der Waals surface area contributed by atoms with E-state index in [0.29, 0.717) is 6.54 Å². The van der Waals surface area contributed by atoms with E-state index >= 15 is 0 Å². The lowest BCUT2D eigenvalue weighted by atomic mass is 10.1. The van der Waals surface area contributed by atoms with Crippen LogP contribution in [0, 0.1) is 0 Å². The van der Waals surface area contributed by atoms with Crippen molar-refractivity contribution in [1.29, 1.82) is 0 Å². The van der Waals surface area contributed by atoms with E-state index in [-0.39, 0.29) is 11.9 Å². The second-order valence-corrected chi connectivity index (χ2v) is 4.19. The van der Waals surface area contributed by atoms with Crippen molar-refractivity contribution in [3.63, 3.8) is 0 Å².